The standard InChI is InChI=1S/C23H22FNO4/c1-26-21-4-2-3-17(23(21)29-15-16-5-7-18(24)8-6-16)14-25-19-9-10-20-22(13-19)28-12-11-27-20/h2-10,13,25H,11-12,14-15H2,1H3. The largest absolute Gasteiger partial charge is 0.493 e. The second-order valence-corrected chi connectivity index (χ2v) is 6.58. The van der Waals surface area contributed by atoms with Crippen LogP contribution in [0, 0.1) is 5.82 Å². The molecule has 0 unspecified atom stereocenters. The van der Waals surface area contributed by atoms with Crippen LogP contribution in [0.25, 0.3) is 0 Å². The zero-order valence-electron chi connectivity index (χ0n) is 16.1. The second kappa shape index (κ2) is 8.73. The van der Waals surface area contributed by atoms with Gasteiger partial charge in [0.15, 0.2) is 23.0 Å². The van der Waals surface area contributed by atoms with E-state index in [1.807, 2.05) is 36.4 Å². The fourth-order valence-corrected chi connectivity index (χ4v) is 3.11. The van der Waals surface area contributed by atoms with Crippen LogP contribution in [0.5, 0.6) is 23.0 Å². The van der Waals surface area contributed by atoms with Crippen LogP contribution < -0.4 is 24.3 Å². The Morgan fingerprint density at radius 2 is 1.76 bits per heavy atom. The highest BCUT2D eigenvalue weighted by molar-refractivity contribution is 5.56. The molecule has 0 saturated heterocycles. The van der Waals surface area contributed by atoms with E-state index >= 15 is 0 Å². The molecule has 6 heteroatoms. The molecule has 3 aromatic rings. The number of rotatable bonds is 7. The third kappa shape index (κ3) is 4.54. The molecule has 4 rings (SSSR count). The van der Waals surface area contributed by atoms with Crippen molar-refractivity contribution in [2.24, 2.45) is 0 Å². The number of ether oxygens (including phenoxy) is 4. The maximum atomic E-state index is 13.1. The Morgan fingerprint density at radius 1 is 0.966 bits per heavy atom. The molecule has 0 radical (unpaired) electrons. The zero-order valence-corrected chi connectivity index (χ0v) is 16.1. The van der Waals surface area contributed by atoms with Gasteiger partial charge in [-0.3, -0.25) is 0 Å². The van der Waals surface area contributed by atoms with Crippen LogP contribution in [0.2, 0.25) is 0 Å². The zero-order chi connectivity index (χ0) is 20.1. The van der Waals surface area contributed by atoms with Gasteiger partial charge in [-0.1, -0.05) is 24.3 Å². The van der Waals surface area contributed by atoms with Crippen molar-refractivity contribution in [2.45, 2.75) is 13.2 Å². The third-order valence-electron chi connectivity index (χ3n) is 4.60. The summed E-state index contributed by atoms with van der Waals surface area (Å²) in [6, 6.07) is 17.8. The van der Waals surface area contributed by atoms with Crippen molar-refractivity contribution in [3.8, 4) is 23.0 Å². The fraction of sp³-hybridized carbons (Fsp3) is 0.217. The Hall–Kier alpha value is -3.41. The average molecular weight is 395 g/mol. The molecule has 1 aliphatic rings. The lowest BCUT2D eigenvalue weighted by Crippen LogP contribution is -2.15. The van der Waals surface area contributed by atoms with Crippen molar-refractivity contribution in [2.75, 3.05) is 25.6 Å². The van der Waals surface area contributed by atoms with Gasteiger partial charge in [-0.25, -0.2) is 4.39 Å². The van der Waals surface area contributed by atoms with Crippen molar-refractivity contribution >= 4 is 5.69 Å². The normalized spacial score (nSPS) is 12.3. The van der Waals surface area contributed by atoms with Gasteiger partial charge in [0.2, 0.25) is 0 Å². The van der Waals surface area contributed by atoms with Crippen LogP contribution in [0.1, 0.15) is 11.1 Å². The lowest BCUT2D eigenvalue weighted by Gasteiger charge is -2.20. The fourth-order valence-electron chi connectivity index (χ4n) is 3.11. The highest BCUT2D eigenvalue weighted by atomic mass is 19.1. The Bertz CT molecular complexity index is 975. The minimum atomic E-state index is -0.268. The summed E-state index contributed by atoms with van der Waals surface area (Å²) in [6.45, 7) is 1.97. The third-order valence-corrected chi connectivity index (χ3v) is 4.60. The summed E-state index contributed by atoms with van der Waals surface area (Å²) in [7, 11) is 1.61. The molecule has 0 saturated carbocycles. The predicted octanol–water partition coefficient (Wildman–Crippen LogP) is 4.80. The number of methoxy groups -OCH3 is 1. The molecule has 0 amide bonds. The first-order chi connectivity index (χ1) is 14.2. The van der Waals surface area contributed by atoms with Crippen LogP contribution in [0.3, 0.4) is 0 Å². The molecule has 150 valence electrons. The maximum absolute atomic E-state index is 13.1. The molecule has 0 bridgehead atoms. The first kappa shape index (κ1) is 18.9. The SMILES string of the molecule is COc1cccc(CNc2ccc3c(c2)OCCO3)c1OCc1ccc(F)cc1. The molecule has 29 heavy (non-hydrogen) atoms. The lowest BCUT2D eigenvalue weighted by atomic mass is 10.1. The minimum Gasteiger partial charge on any atom is -0.493 e. The van der Waals surface area contributed by atoms with Gasteiger partial charge in [-0.05, 0) is 35.9 Å². The van der Waals surface area contributed by atoms with Gasteiger partial charge in [0.25, 0.3) is 0 Å². The molecule has 0 spiro atoms. The van der Waals surface area contributed by atoms with Crippen molar-refractivity contribution in [3.05, 3.63) is 77.6 Å². The van der Waals surface area contributed by atoms with E-state index in [1.165, 1.54) is 12.1 Å². The predicted molar refractivity (Wildman–Crippen MR) is 108 cm³/mol. The van der Waals surface area contributed by atoms with E-state index in [9.17, 15) is 4.39 Å². The molecule has 5 nitrogen and oxygen atoms in total. The van der Waals surface area contributed by atoms with Crippen molar-refractivity contribution in [1.29, 1.82) is 0 Å². The lowest BCUT2D eigenvalue weighted by molar-refractivity contribution is 0.171. The second-order valence-electron chi connectivity index (χ2n) is 6.58. The average Bonchev–Trinajstić information content (AvgIpc) is 2.77. The number of halogens is 1. The quantitative estimate of drug-likeness (QED) is 0.623. The number of benzene rings is 3. The number of hydrogen-bond donors (Lipinski definition) is 1. The van der Waals surface area contributed by atoms with Gasteiger partial charge in [0.1, 0.15) is 25.6 Å². The highest BCUT2D eigenvalue weighted by Crippen LogP contribution is 2.35. The summed E-state index contributed by atoms with van der Waals surface area (Å²) in [5, 5.41) is 3.39. The molecule has 3 aromatic carbocycles. The Morgan fingerprint density at radius 3 is 2.55 bits per heavy atom. The number of anilines is 1. The molecule has 0 fully saturated rings. The van der Waals surface area contributed by atoms with Gasteiger partial charge >= 0.3 is 0 Å². The maximum Gasteiger partial charge on any atom is 0.166 e. The Labute approximate surface area is 169 Å². The van der Waals surface area contributed by atoms with Crippen molar-refractivity contribution in [1.82, 2.24) is 0 Å². The van der Waals surface area contributed by atoms with E-state index in [0.717, 1.165) is 28.3 Å². The Balaban J connectivity index is 1.48. The highest BCUT2D eigenvalue weighted by Gasteiger charge is 2.14. The van der Waals surface area contributed by atoms with Gasteiger partial charge in [0.05, 0.1) is 7.11 Å². The van der Waals surface area contributed by atoms with Crippen LogP contribution in [0.15, 0.2) is 60.7 Å². The minimum absolute atomic E-state index is 0.268. The van der Waals surface area contributed by atoms with E-state index in [0.29, 0.717) is 37.9 Å². The van der Waals surface area contributed by atoms with Gasteiger partial charge < -0.3 is 24.3 Å². The first-order valence-electron chi connectivity index (χ1n) is 9.39. The number of para-hydroxylation sites is 1. The molecule has 0 atom stereocenters. The van der Waals surface area contributed by atoms with E-state index < -0.39 is 0 Å². The summed E-state index contributed by atoms with van der Waals surface area (Å²) in [5.74, 6) is 2.53. The monoisotopic (exact) mass is 395 g/mol. The van der Waals surface area contributed by atoms with Gasteiger partial charge in [-0.15, -0.1) is 0 Å². The van der Waals surface area contributed by atoms with E-state index in [-0.39, 0.29) is 5.82 Å². The van der Waals surface area contributed by atoms with Crippen LogP contribution in [0.4, 0.5) is 10.1 Å². The topological polar surface area (TPSA) is 49.0 Å². The molecule has 1 N–H and O–H groups in total. The summed E-state index contributed by atoms with van der Waals surface area (Å²) in [6.07, 6.45) is 0. The summed E-state index contributed by atoms with van der Waals surface area (Å²) in [5.41, 5.74) is 2.74. The number of nitrogens with one attached hydrogen (secondary N) is 1. The van der Waals surface area contributed by atoms with Crippen LogP contribution in [-0.4, -0.2) is 20.3 Å². The van der Waals surface area contributed by atoms with Crippen molar-refractivity contribution < 1.29 is 23.3 Å². The van der Waals surface area contributed by atoms with Crippen LogP contribution >= 0.6 is 0 Å². The van der Waals surface area contributed by atoms with Crippen molar-refractivity contribution in [3.63, 3.8) is 0 Å². The van der Waals surface area contributed by atoms with Crippen LogP contribution in [-0.2, 0) is 13.2 Å². The van der Waals surface area contributed by atoms with E-state index in [1.54, 1.807) is 19.2 Å². The Kier molecular flexibility index (Phi) is 5.70. The van der Waals surface area contributed by atoms with E-state index in [4.69, 9.17) is 18.9 Å². The molecular weight excluding hydrogens is 373 g/mol. The summed E-state index contributed by atoms with van der Waals surface area (Å²) >= 11 is 0. The molecule has 1 aliphatic heterocycles. The number of fused-ring (bicyclic) bond motifs is 1. The van der Waals surface area contributed by atoms with E-state index in [2.05, 4.69) is 5.32 Å². The molecule has 1 heterocycles. The first-order valence-corrected chi connectivity index (χ1v) is 9.39. The smallest absolute Gasteiger partial charge is 0.166 e. The molecular formula is C23H22FNO4. The van der Waals surface area contributed by atoms with Gasteiger partial charge in [0, 0.05) is 23.9 Å². The molecule has 0 aromatic heterocycles. The van der Waals surface area contributed by atoms with Gasteiger partial charge in [-0.2, -0.15) is 0 Å². The summed E-state index contributed by atoms with van der Waals surface area (Å²) in [4.78, 5) is 0. The summed E-state index contributed by atoms with van der Waals surface area (Å²) < 4.78 is 35.8. The molecule has 0 aliphatic carbocycles. The number of hydrogen-bond acceptors (Lipinski definition) is 5.